The van der Waals surface area contributed by atoms with Gasteiger partial charge in [0.15, 0.2) is 11.5 Å². The van der Waals surface area contributed by atoms with Gasteiger partial charge in [-0.25, -0.2) is 4.68 Å². The first kappa shape index (κ1) is 18.9. The van der Waals surface area contributed by atoms with Crippen molar-refractivity contribution in [3.63, 3.8) is 0 Å². The zero-order valence-corrected chi connectivity index (χ0v) is 16.6. The third kappa shape index (κ3) is 3.65. The van der Waals surface area contributed by atoms with E-state index in [4.69, 9.17) is 0 Å². The molecule has 150 valence electrons. The van der Waals surface area contributed by atoms with E-state index >= 15 is 0 Å². The Bertz CT molecular complexity index is 1060. The first-order chi connectivity index (χ1) is 14.1. The summed E-state index contributed by atoms with van der Waals surface area (Å²) in [7, 11) is 1.78. The second kappa shape index (κ2) is 7.90. The van der Waals surface area contributed by atoms with Crippen LogP contribution >= 0.6 is 0 Å². The molecule has 1 saturated heterocycles. The summed E-state index contributed by atoms with van der Waals surface area (Å²) in [5.74, 6) is 0.331. The number of hydrogen-bond acceptors (Lipinski definition) is 5. The number of carbonyl (C=O) groups is 1. The van der Waals surface area contributed by atoms with Crippen LogP contribution in [0, 0.1) is 6.92 Å². The monoisotopic (exact) mass is 392 g/mol. The molecule has 0 spiro atoms. The molecule has 0 bridgehead atoms. The van der Waals surface area contributed by atoms with Gasteiger partial charge in [0.2, 0.25) is 0 Å². The fourth-order valence-corrected chi connectivity index (χ4v) is 3.63. The lowest BCUT2D eigenvalue weighted by Gasteiger charge is -2.27. The molecule has 0 saturated carbocycles. The first-order valence-corrected chi connectivity index (χ1v) is 9.80. The molecule has 1 aliphatic heterocycles. The highest BCUT2D eigenvalue weighted by atomic mass is 16.2. The van der Waals surface area contributed by atoms with E-state index in [9.17, 15) is 9.59 Å². The van der Waals surface area contributed by atoms with Crippen LogP contribution in [0.5, 0.6) is 0 Å². The fraction of sp³-hybridized carbons (Fsp3) is 0.333. The number of nitrogens with one attached hydrogen (secondary N) is 1. The van der Waals surface area contributed by atoms with E-state index in [1.807, 2.05) is 36.4 Å². The SMILES string of the molecule is Cc1c(NC(=O)c2ccc(N3CCCCC3)nn2)c(=O)n(-c2ccccc2)n1C. The molecule has 29 heavy (non-hydrogen) atoms. The van der Waals surface area contributed by atoms with E-state index in [1.54, 1.807) is 24.7 Å². The van der Waals surface area contributed by atoms with E-state index in [0.29, 0.717) is 5.69 Å². The molecule has 1 amide bonds. The maximum absolute atomic E-state index is 12.9. The van der Waals surface area contributed by atoms with Crippen LogP contribution < -0.4 is 15.8 Å². The minimum Gasteiger partial charge on any atom is -0.355 e. The number of anilines is 2. The lowest BCUT2D eigenvalue weighted by atomic mass is 10.1. The lowest BCUT2D eigenvalue weighted by Crippen LogP contribution is -2.30. The van der Waals surface area contributed by atoms with Gasteiger partial charge in [0.25, 0.3) is 11.5 Å². The molecule has 8 heteroatoms. The number of para-hydroxylation sites is 1. The second-order valence-electron chi connectivity index (χ2n) is 7.22. The topological polar surface area (TPSA) is 85.1 Å². The molecule has 3 aromatic rings. The van der Waals surface area contributed by atoms with Gasteiger partial charge in [0, 0.05) is 20.1 Å². The van der Waals surface area contributed by atoms with Crippen molar-refractivity contribution in [2.45, 2.75) is 26.2 Å². The van der Waals surface area contributed by atoms with Crippen molar-refractivity contribution in [2.24, 2.45) is 7.05 Å². The van der Waals surface area contributed by atoms with Gasteiger partial charge < -0.3 is 10.2 Å². The Balaban J connectivity index is 1.56. The highest BCUT2D eigenvalue weighted by Crippen LogP contribution is 2.18. The molecule has 2 aromatic heterocycles. The lowest BCUT2D eigenvalue weighted by molar-refractivity contribution is 0.102. The van der Waals surface area contributed by atoms with Gasteiger partial charge in [-0.2, -0.15) is 0 Å². The van der Waals surface area contributed by atoms with E-state index in [0.717, 1.165) is 37.4 Å². The summed E-state index contributed by atoms with van der Waals surface area (Å²) in [5, 5.41) is 11.0. The van der Waals surface area contributed by atoms with Crippen LogP contribution in [0.3, 0.4) is 0 Å². The predicted octanol–water partition coefficient (Wildman–Crippen LogP) is 2.52. The average molecular weight is 392 g/mol. The van der Waals surface area contributed by atoms with Crippen molar-refractivity contribution in [1.82, 2.24) is 19.6 Å². The molecule has 0 unspecified atom stereocenters. The Hall–Kier alpha value is -3.42. The molecule has 0 atom stereocenters. The number of nitrogens with zero attached hydrogens (tertiary/aromatic N) is 5. The standard InChI is InChI=1S/C21H24N6O2/c1-15-19(21(29)27(25(15)2)16-9-5-3-6-10-16)22-20(28)17-11-12-18(24-23-17)26-13-7-4-8-14-26/h3,5-6,9-12H,4,7-8,13-14H2,1-2H3,(H,22,28). The van der Waals surface area contributed by atoms with Crippen molar-refractivity contribution < 1.29 is 4.79 Å². The molecule has 1 N–H and O–H groups in total. The number of amides is 1. The highest BCUT2D eigenvalue weighted by molar-refractivity contribution is 6.03. The summed E-state index contributed by atoms with van der Waals surface area (Å²) in [4.78, 5) is 27.8. The quantitative estimate of drug-likeness (QED) is 0.737. The number of rotatable bonds is 4. The van der Waals surface area contributed by atoms with Gasteiger partial charge in [-0.15, -0.1) is 10.2 Å². The number of aromatic nitrogens is 4. The Morgan fingerprint density at radius 3 is 2.38 bits per heavy atom. The number of hydrogen-bond donors (Lipinski definition) is 1. The first-order valence-electron chi connectivity index (χ1n) is 9.80. The van der Waals surface area contributed by atoms with E-state index in [2.05, 4.69) is 20.4 Å². The van der Waals surface area contributed by atoms with Gasteiger partial charge in [0.05, 0.1) is 11.4 Å². The summed E-state index contributed by atoms with van der Waals surface area (Å²) >= 11 is 0. The predicted molar refractivity (Wildman–Crippen MR) is 112 cm³/mol. The summed E-state index contributed by atoms with van der Waals surface area (Å²) in [5.41, 5.74) is 1.52. The van der Waals surface area contributed by atoms with Gasteiger partial charge in [-0.3, -0.25) is 14.3 Å². The van der Waals surface area contributed by atoms with E-state index < -0.39 is 5.91 Å². The molecule has 1 aliphatic rings. The molecular formula is C21H24N6O2. The number of piperidine rings is 1. The van der Waals surface area contributed by atoms with Crippen LogP contribution in [0.2, 0.25) is 0 Å². The molecule has 1 aromatic carbocycles. The number of benzene rings is 1. The Kier molecular flexibility index (Phi) is 5.16. The summed E-state index contributed by atoms with van der Waals surface area (Å²) in [6.45, 7) is 3.71. The van der Waals surface area contributed by atoms with Crippen LogP contribution in [0.1, 0.15) is 35.4 Å². The van der Waals surface area contributed by atoms with Crippen LogP contribution in [-0.2, 0) is 7.05 Å². The molecule has 8 nitrogen and oxygen atoms in total. The van der Waals surface area contributed by atoms with Crippen LogP contribution in [-0.4, -0.2) is 38.6 Å². The van der Waals surface area contributed by atoms with Crippen molar-refractivity contribution >= 4 is 17.4 Å². The van der Waals surface area contributed by atoms with Crippen molar-refractivity contribution in [2.75, 3.05) is 23.3 Å². The van der Waals surface area contributed by atoms with Gasteiger partial charge in [-0.1, -0.05) is 18.2 Å². The highest BCUT2D eigenvalue weighted by Gasteiger charge is 2.20. The summed E-state index contributed by atoms with van der Waals surface area (Å²) in [6.07, 6.45) is 3.52. The van der Waals surface area contributed by atoms with Crippen molar-refractivity contribution in [3.8, 4) is 5.69 Å². The zero-order valence-electron chi connectivity index (χ0n) is 16.6. The fourth-order valence-electron chi connectivity index (χ4n) is 3.63. The van der Waals surface area contributed by atoms with Crippen LogP contribution in [0.4, 0.5) is 11.5 Å². The molecule has 0 aliphatic carbocycles. The van der Waals surface area contributed by atoms with Gasteiger partial charge >= 0.3 is 0 Å². The largest absolute Gasteiger partial charge is 0.355 e. The van der Waals surface area contributed by atoms with Crippen molar-refractivity contribution in [3.05, 3.63) is 64.2 Å². The number of carbonyl (C=O) groups excluding carboxylic acids is 1. The summed E-state index contributed by atoms with van der Waals surface area (Å²) < 4.78 is 3.24. The van der Waals surface area contributed by atoms with Gasteiger partial charge in [-0.05, 0) is 50.5 Å². The average Bonchev–Trinajstić information content (AvgIpc) is 2.98. The normalized spacial score (nSPS) is 14.1. The zero-order chi connectivity index (χ0) is 20.4. The molecular weight excluding hydrogens is 368 g/mol. The maximum Gasteiger partial charge on any atom is 0.295 e. The van der Waals surface area contributed by atoms with Gasteiger partial charge in [0.1, 0.15) is 5.69 Å². The third-order valence-corrected chi connectivity index (χ3v) is 5.36. The minimum atomic E-state index is -0.450. The maximum atomic E-state index is 12.9. The Morgan fingerprint density at radius 1 is 1.00 bits per heavy atom. The molecule has 0 radical (unpaired) electrons. The Morgan fingerprint density at radius 2 is 1.72 bits per heavy atom. The van der Waals surface area contributed by atoms with Crippen molar-refractivity contribution in [1.29, 1.82) is 0 Å². The molecule has 4 rings (SSSR count). The second-order valence-corrected chi connectivity index (χ2v) is 7.22. The minimum absolute atomic E-state index is 0.180. The molecule has 3 heterocycles. The van der Waals surface area contributed by atoms with E-state index in [-0.39, 0.29) is 16.9 Å². The van der Waals surface area contributed by atoms with Crippen LogP contribution in [0.25, 0.3) is 5.69 Å². The summed E-state index contributed by atoms with van der Waals surface area (Å²) in [6, 6.07) is 12.8. The van der Waals surface area contributed by atoms with Crippen LogP contribution in [0.15, 0.2) is 47.3 Å². The molecule has 1 fully saturated rings. The third-order valence-electron chi connectivity index (χ3n) is 5.36. The smallest absolute Gasteiger partial charge is 0.295 e. The Labute approximate surface area is 168 Å². The van der Waals surface area contributed by atoms with E-state index in [1.165, 1.54) is 11.1 Å².